The Morgan fingerprint density at radius 2 is 1.64 bits per heavy atom. The number of aldehydes is 1. The molecule has 0 atom stereocenters. The highest BCUT2D eigenvalue weighted by atomic mass is 16.5. The number of fused-ring (bicyclic) bond motifs is 3. The fraction of sp³-hybridized carbons (Fsp3) is 0.192. The van der Waals surface area contributed by atoms with Gasteiger partial charge < -0.3 is 29.1 Å². The van der Waals surface area contributed by atoms with Crippen molar-refractivity contribution in [3.8, 4) is 28.4 Å². The van der Waals surface area contributed by atoms with Crippen molar-refractivity contribution in [3.05, 3.63) is 60.1 Å². The second kappa shape index (κ2) is 8.78. The summed E-state index contributed by atoms with van der Waals surface area (Å²) >= 11 is 0. The number of pyridine rings is 1. The molecule has 33 heavy (non-hydrogen) atoms. The van der Waals surface area contributed by atoms with Crippen LogP contribution >= 0.6 is 0 Å². The fourth-order valence-corrected chi connectivity index (χ4v) is 4.32. The summed E-state index contributed by atoms with van der Waals surface area (Å²) < 4.78 is 23.7. The zero-order valence-corrected chi connectivity index (χ0v) is 19.3. The maximum atomic E-state index is 12.4. The molecule has 0 unspecified atom stereocenters. The number of nitrogen functional groups attached to an aromatic ring is 1. The molecule has 7 heteroatoms. The van der Waals surface area contributed by atoms with Crippen molar-refractivity contribution < 1.29 is 23.7 Å². The highest BCUT2D eigenvalue weighted by Crippen LogP contribution is 2.43. The minimum absolute atomic E-state index is 0.512. The van der Waals surface area contributed by atoms with Gasteiger partial charge in [0.2, 0.25) is 0 Å². The standard InChI is InChI=1S/C26H26N2O5/c1-15(14-30-2)24-20(13-29)28-9-8-16-10-22(32-4)23(33-5)12-18(16)26(28)25(24)17-6-7-19(27)21(11-17)31-3/h6-14H,27H2,1-5H3/b15-14-. The molecule has 0 bridgehead atoms. The first-order valence-electron chi connectivity index (χ1n) is 10.3. The lowest BCUT2D eigenvalue weighted by atomic mass is 9.95. The van der Waals surface area contributed by atoms with Crippen LogP contribution in [0.25, 0.3) is 33.0 Å². The lowest BCUT2D eigenvalue weighted by Crippen LogP contribution is -1.95. The zero-order chi connectivity index (χ0) is 23.7. The van der Waals surface area contributed by atoms with Gasteiger partial charge in [0, 0.05) is 22.7 Å². The molecule has 0 amide bonds. The summed E-state index contributed by atoms with van der Waals surface area (Å²) in [6.45, 7) is 1.91. The Morgan fingerprint density at radius 3 is 2.27 bits per heavy atom. The molecule has 7 nitrogen and oxygen atoms in total. The Hall–Kier alpha value is -4.13. The number of ether oxygens (including phenoxy) is 4. The molecule has 4 aromatic rings. The van der Waals surface area contributed by atoms with Gasteiger partial charge in [-0.2, -0.15) is 0 Å². The lowest BCUT2D eigenvalue weighted by Gasteiger charge is -2.13. The summed E-state index contributed by atoms with van der Waals surface area (Å²) in [6, 6.07) is 11.4. The van der Waals surface area contributed by atoms with Crippen molar-refractivity contribution in [3.63, 3.8) is 0 Å². The number of nitrogens with zero attached hydrogens (tertiary/aromatic N) is 1. The average Bonchev–Trinajstić information content (AvgIpc) is 3.18. The first-order valence-corrected chi connectivity index (χ1v) is 10.3. The molecule has 4 rings (SSSR count). The van der Waals surface area contributed by atoms with Crippen LogP contribution in [0.4, 0.5) is 5.69 Å². The van der Waals surface area contributed by atoms with Crippen LogP contribution in [0.15, 0.2) is 48.9 Å². The Labute approximate surface area is 191 Å². The summed E-state index contributed by atoms with van der Waals surface area (Å²) in [5.74, 6) is 1.78. The molecule has 0 saturated heterocycles. The molecule has 0 aliphatic heterocycles. The molecule has 0 aliphatic carbocycles. The Kier molecular flexibility index (Phi) is 5.87. The number of nitrogens with two attached hydrogens (primary N) is 1. The number of hydrogen-bond donors (Lipinski definition) is 1. The van der Waals surface area contributed by atoms with Crippen molar-refractivity contribution in [2.75, 3.05) is 34.2 Å². The molecule has 170 valence electrons. The van der Waals surface area contributed by atoms with E-state index in [1.807, 2.05) is 47.9 Å². The van der Waals surface area contributed by atoms with E-state index in [-0.39, 0.29) is 0 Å². The zero-order valence-electron chi connectivity index (χ0n) is 19.3. The van der Waals surface area contributed by atoms with Crippen molar-refractivity contribution in [1.29, 1.82) is 0 Å². The number of benzene rings is 2. The van der Waals surface area contributed by atoms with Gasteiger partial charge in [0.25, 0.3) is 0 Å². The van der Waals surface area contributed by atoms with Gasteiger partial charge >= 0.3 is 0 Å². The van der Waals surface area contributed by atoms with Gasteiger partial charge in [-0.15, -0.1) is 0 Å². The van der Waals surface area contributed by atoms with Crippen LogP contribution in [-0.4, -0.2) is 39.1 Å². The van der Waals surface area contributed by atoms with Crippen LogP contribution in [-0.2, 0) is 4.74 Å². The van der Waals surface area contributed by atoms with Gasteiger partial charge in [0.05, 0.1) is 51.6 Å². The first-order chi connectivity index (χ1) is 16.0. The number of carbonyl (C=O) groups excluding carboxylic acids is 1. The molecule has 2 aromatic carbocycles. The Morgan fingerprint density at radius 1 is 0.939 bits per heavy atom. The molecule has 0 radical (unpaired) electrons. The van der Waals surface area contributed by atoms with Gasteiger partial charge in [-0.1, -0.05) is 6.07 Å². The van der Waals surface area contributed by atoms with E-state index < -0.39 is 0 Å². The molecule has 0 aliphatic rings. The van der Waals surface area contributed by atoms with Crippen LogP contribution < -0.4 is 19.9 Å². The van der Waals surface area contributed by atoms with Crippen molar-refractivity contribution >= 4 is 33.8 Å². The fourth-order valence-electron chi connectivity index (χ4n) is 4.32. The third-order valence-electron chi connectivity index (χ3n) is 5.78. The smallest absolute Gasteiger partial charge is 0.167 e. The second-order valence-corrected chi connectivity index (χ2v) is 7.58. The molecular weight excluding hydrogens is 420 g/mol. The van der Waals surface area contributed by atoms with E-state index in [4.69, 9.17) is 24.7 Å². The molecule has 0 spiro atoms. The number of hydrogen-bond acceptors (Lipinski definition) is 6. The van der Waals surface area contributed by atoms with E-state index in [0.29, 0.717) is 28.6 Å². The molecule has 0 saturated carbocycles. The monoisotopic (exact) mass is 446 g/mol. The maximum Gasteiger partial charge on any atom is 0.167 e. The predicted molar refractivity (Wildman–Crippen MR) is 130 cm³/mol. The van der Waals surface area contributed by atoms with E-state index in [9.17, 15) is 4.79 Å². The van der Waals surface area contributed by atoms with Crippen LogP contribution in [0.1, 0.15) is 23.0 Å². The molecule has 2 aromatic heterocycles. The molecule has 2 heterocycles. The first kappa shape index (κ1) is 22.1. The van der Waals surface area contributed by atoms with Gasteiger partial charge in [-0.25, -0.2) is 0 Å². The summed E-state index contributed by atoms with van der Waals surface area (Å²) in [4.78, 5) is 12.4. The Bertz CT molecular complexity index is 1400. The number of allylic oxidation sites excluding steroid dienone is 1. The van der Waals surface area contributed by atoms with Gasteiger partial charge in [0.1, 0.15) is 5.75 Å². The highest BCUT2D eigenvalue weighted by molar-refractivity contribution is 6.10. The summed E-state index contributed by atoms with van der Waals surface area (Å²) in [5.41, 5.74) is 11.3. The minimum Gasteiger partial charge on any atom is -0.504 e. The lowest BCUT2D eigenvalue weighted by molar-refractivity contribution is 0.111. The number of rotatable bonds is 7. The summed E-state index contributed by atoms with van der Waals surface area (Å²) in [6.07, 6.45) is 4.38. The van der Waals surface area contributed by atoms with E-state index in [1.165, 1.54) is 0 Å². The highest BCUT2D eigenvalue weighted by Gasteiger charge is 2.24. The topological polar surface area (TPSA) is 84.4 Å². The number of methoxy groups -OCH3 is 4. The maximum absolute atomic E-state index is 12.4. The van der Waals surface area contributed by atoms with E-state index >= 15 is 0 Å². The third-order valence-corrected chi connectivity index (χ3v) is 5.78. The molecular formula is C26H26N2O5. The Balaban J connectivity index is 2.25. The number of anilines is 1. The summed E-state index contributed by atoms with van der Waals surface area (Å²) in [7, 11) is 6.36. The van der Waals surface area contributed by atoms with E-state index in [0.717, 1.165) is 44.8 Å². The minimum atomic E-state index is 0.512. The third kappa shape index (κ3) is 3.51. The van der Waals surface area contributed by atoms with Gasteiger partial charge in [-0.3, -0.25) is 4.79 Å². The second-order valence-electron chi connectivity index (χ2n) is 7.58. The van der Waals surface area contributed by atoms with Gasteiger partial charge in [-0.05, 0) is 53.8 Å². The molecule has 0 fully saturated rings. The van der Waals surface area contributed by atoms with Crippen LogP contribution in [0.5, 0.6) is 17.2 Å². The number of carbonyl (C=O) groups is 1. The van der Waals surface area contributed by atoms with E-state index in [1.54, 1.807) is 40.8 Å². The predicted octanol–water partition coefficient (Wildman–Crippen LogP) is 5.19. The normalized spacial score (nSPS) is 11.6. The van der Waals surface area contributed by atoms with Gasteiger partial charge in [0.15, 0.2) is 17.8 Å². The number of aromatic nitrogens is 1. The van der Waals surface area contributed by atoms with E-state index in [2.05, 4.69) is 0 Å². The van der Waals surface area contributed by atoms with Crippen molar-refractivity contribution in [2.45, 2.75) is 6.92 Å². The largest absolute Gasteiger partial charge is 0.504 e. The van der Waals surface area contributed by atoms with Crippen molar-refractivity contribution in [1.82, 2.24) is 4.40 Å². The molecule has 2 N–H and O–H groups in total. The quantitative estimate of drug-likeness (QED) is 0.239. The summed E-state index contributed by atoms with van der Waals surface area (Å²) in [5, 5.41) is 1.85. The SMILES string of the molecule is CO/C=C(/C)c1c(-c2ccc(N)c(OC)c2)c2c3cc(OC)c(OC)cc3ccn2c1C=O. The van der Waals surface area contributed by atoms with Crippen molar-refractivity contribution in [2.24, 2.45) is 0 Å². The average molecular weight is 447 g/mol. The van der Waals surface area contributed by atoms with Crippen LogP contribution in [0, 0.1) is 0 Å². The van der Waals surface area contributed by atoms with Crippen LogP contribution in [0.3, 0.4) is 0 Å². The van der Waals surface area contributed by atoms with Crippen LogP contribution in [0.2, 0.25) is 0 Å².